The molecule has 0 saturated carbocycles. The first kappa shape index (κ1) is 16.5. The summed E-state index contributed by atoms with van der Waals surface area (Å²) in [5.41, 5.74) is 2.63. The maximum atomic E-state index is 5.27. The van der Waals surface area contributed by atoms with Crippen LogP contribution in [0.5, 0.6) is 0 Å². The van der Waals surface area contributed by atoms with Gasteiger partial charge in [-0.1, -0.05) is 37.1 Å². The van der Waals surface area contributed by atoms with Gasteiger partial charge in [-0.05, 0) is 43.9 Å². The molecule has 2 N–H and O–H groups in total. The van der Waals surface area contributed by atoms with Crippen molar-refractivity contribution in [3.63, 3.8) is 0 Å². The topological polar surface area (TPSA) is 33.3 Å². The van der Waals surface area contributed by atoms with Crippen LogP contribution in [0.3, 0.4) is 0 Å². The van der Waals surface area contributed by atoms with Gasteiger partial charge in [0.1, 0.15) is 0 Å². The Morgan fingerprint density at radius 3 is 2.86 bits per heavy atom. The summed E-state index contributed by atoms with van der Waals surface area (Å²) in [4.78, 5) is 0. The highest BCUT2D eigenvalue weighted by Gasteiger charge is 2.14. The molecule has 21 heavy (non-hydrogen) atoms. The predicted octanol–water partition coefficient (Wildman–Crippen LogP) is 3.23. The van der Waals surface area contributed by atoms with Crippen molar-refractivity contribution in [2.75, 3.05) is 13.7 Å². The van der Waals surface area contributed by atoms with E-state index in [0.717, 1.165) is 6.54 Å². The van der Waals surface area contributed by atoms with Crippen molar-refractivity contribution in [2.24, 2.45) is 0 Å². The van der Waals surface area contributed by atoms with E-state index in [1.165, 1.54) is 49.8 Å². The van der Waals surface area contributed by atoms with Crippen LogP contribution in [0, 0.1) is 0 Å². The molecule has 1 aliphatic heterocycles. The molecule has 1 aliphatic rings. The zero-order valence-corrected chi connectivity index (χ0v) is 13.5. The zero-order chi connectivity index (χ0) is 14.9. The van der Waals surface area contributed by atoms with Crippen molar-refractivity contribution >= 4 is 0 Å². The van der Waals surface area contributed by atoms with Gasteiger partial charge in [-0.3, -0.25) is 0 Å². The van der Waals surface area contributed by atoms with E-state index in [4.69, 9.17) is 4.74 Å². The maximum Gasteiger partial charge on any atom is 0.0716 e. The highest BCUT2D eigenvalue weighted by atomic mass is 16.5. The predicted molar refractivity (Wildman–Crippen MR) is 88.3 cm³/mol. The van der Waals surface area contributed by atoms with E-state index in [2.05, 4.69) is 41.8 Å². The first-order valence-corrected chi connectivity index (χ1v) is 8.32. The zero-order valence-electron chi connectivity index (χ0n) is 13.5. The van der Waals surface area contributed by atoms with Crippen LogP contribution in [0.25, 0.3) is 0 Å². The number of nitrogens with one attached hydrogen (secondary N) is 2. The minimum atomic E-state index is 0.538. The summed E-state index contributed by atoms with van der Waals surface area (Å²) in [6.45, 7) is 5.10. The lowest BCUT2D eigenvalue weighted by Crippen LogP contribution is -2.36. The number of hydrogen-bond donors (Lipinski definition) is 2. The summed E-state index contributed by atoms with van der Waals surface area (Å²) in [5, 5.41) is 7.35. The molecule has 0 aliphatic carbocycles. The van der Waals surface area contributed by atoms with Crippen molar-refractivity contribution in [1.82, 2.24) is 10.6 Å². The van der Waals surface area contributed by atoms with Crippen LogP contribution in [0.4, 0.5) is 0 Å². The van der Waals surface area contributed by atoms with E-state index in [1.807, 2.05) is 0 Å². The highest BCUT2D eigenvalue weighted by molar-refractivity contribution is 5.26. The summed E-state index contributed by atoms with van der Waals surface area (Å²) in [6.07, 6.45) is 6.64. The third-order valence-corrected chi connectivity index (χ3v) is 4.36. The third-order valence-electron chi connectivity index (χ3n) is 4.36. The molecule has 1 saturated heterocycles. The van der Waals surface area contributed by atoms with Gasteiger partial charge < -0.3 is 15.4 Å². The Bertz CT molecular complexity index is 400. The van der Waals surface area contributed by atoms with Gasteiger partial charge in [0.05, 0.1) is 6.61 Å². The highest BCUT2D eigenvalue weighted by Crippen LogP contribution is 2.14. The quantitative estimate of drug-likeness (QED) is 0.809. The molecule has 1 aromatic rings. The lowest BCUT2D eigenvalue weighted by Gasteiger charge is -2.22. The van der Waals surface area contributed by atoms with E-state index in [-0.39, 0.29) is 0 Å². The first-order valence-electron chi connectivity index (χ1n) is 8.32. The fraction of sp³-hybridized carbons (Fsp3) is 0.667. The molecule has 2 atom stereocenters. The van der Waals surface area contributed by atoms with E-state index in [1.54, 1.807) is 7.11 Å². The molecule has 0 radical (unpaired) electrons. The minimum absolute atomic E-state index is 0.538. The van der Waals surface area contributed by atoms with Crippen LogP contribution in [0.15, 0.2) is 24.3 Å². The first-order chi connectivity index (χ1) is 10.3. The largest absolute Gasteiger partial charge is 0.380 e. The molecule has 3 heteroatoms. The summed E-state index contributed by atoms with van der Waals surface area (Å²) in [5.74, 6) is 0. The molecule has 0 bridgehead atoms. The SMILES string of the molecule is COCc1ccccc1CNC(C)CC1CCCCCN1. The van der Waals surface area contributed by atoms with Crippen molar-refractivity contribution in [3.05, 3.63) is 35.4 Å². The van der Waals surface area contributed by atoms with Crippen LogP contribution in [0.1, 0.15) is 50.2 Å². The molecule has 1 heterocycles. The molecule has 0 spiro atoms. The minimum Gasteiger partial charge on any atom is -0.380 e. The second kappa shape index (κ2) is 9.19. The van der Waals surface area contributed by atoms with Gasteiger partial charge in [-0.2, -0.15) is 0 Å². The van der Waals surface area contributed by atoms with Gasteiger partial charge in [0.15, 0.2) is 0 Å². The Labute approximate surface area is 129 Å². The Kier molecular flexibility index (Phi) is 7.20. The lowest BCUT2D eigenvalue weighted by atomic mass is 10.0. The van der Waals surface area contributed by atoms with E-state index in [0.29, 0.717) is 18.7 Å². The molecule has 0 amide bonds. The monoisotopic (exact) mass is 290 g/mol. The molecule has 2 rings (SSSR count). The normalized spacial score (nSPS) is 21.0. The summed E-state index contributed by atoms with van der Waals surface area (Å²) < 4.78 is 5.27. The Morgan fingerprint density at radius 2 is 2.05 bits per heavy atom. The maximum absolute atomic E-state index is 5.27. The van der Waals surface area contributed by atoms with E-state index >= 15 is 0 Å². The van der Waals surface area contributed by atoms with Gasteiger partial charge in [-0.15, -0.1) is 0 Å². The fourth-order valence-corrected chi connectivity index (χ4v) is 3.12. The molecule has 2 unspecified atom stereocenters. The van der Waals surface area contributed by atoms with E-state index < -0.39 is 0 Å². The van der Waals surface area contributed by atoms with Crippen LogP contribution in [-0.4, -0.2) is 25.7 Å². The Morgan fingerprint density at radius 1 is 1.24 bits per heavy atom. The number of benzene rings is 1. The lowest BCUT2D eigenvalue weighted by molar-refractivity contribution is 0.184. The number of rotatable bonds is 7. The molecule has 1 aromatic carbocycles. The van der Waals surface area contributed by atoms with Gasteiger partial charge >= 0.3 is 0 Å². The van der Waals surface area contributed by atoms with Crippen molar-refractivity contribution in [1.29, 1.82) is 0 Å². The summed E-state index contributed by atoms with van der Waals surface area (Å²) in [6, 6.07) is 9.75. The van der Waals surface area contributed by atoms with E-state index in [9.17, 15) is 0 Å². The second-order valence-electron chi connectivity index (χ2n) is 6.22. The van der Waals surface area contributed by atoms with Crippen LogP contribution in [-0.2, 0) is 17.9 Å². The van der Waals surface area contributed by atoms with Crippen molar-refractivity contribution in [3.8, 4) is 0 Å². The number of hydrogen-bond acceptors (Lipinski definition) is 3. The number of methoxy groups -OCH3 is 1. The van der Waals surface area contributed by atoms with Gasteiger partial charge in [0.2, 0.25) is 0 Å². The molecular weight excluding hydrogens is 260 g/mol. The van der Waals surface area contributed by atoms with Gasteiger partial charge in [-0.25, -0.2) is 0 Å². The second-order valence-corrected chi connectivity index (χ2v) is 6.22. The average Bonchev–Trinajstić information content (AvgIpc) is 2.75. The summed E-state index contributed by atoms with van der Waals surface area (Å²) in [7, 11) is 1.75. The van der Waals surface area contributed by atoms with Crippen LogP contribution >= 0.6 is 0 Å². The molecule has 118 valence electrons. The number of ether oxygens (including phenoxy) is 1. The van der Waals surface area contributed by atoms with Crippen molar-refractivity contribution < 1.29 is 4.74 Å². The molecule has 1 fully saturated rings. The fourth-order valence-electron chi connectivity index (χ4n) is 3.12. The average molecular weight is 290 g/mol. The van der Waals surface area contributed by atoms with Crippen LogP contribution in [0.2, 0.25) is 0 Å². The standard InChI is InChI=1S/C18H30N2O/c1-15(12-18-10-4-3-7-11-19-18)20-13-16-8-5-6-9-17(16)14-21-2/h5-6,8-9,15,18-20H,3-4,7,10-14H2,1-2H3. The summed E-state index contributed by atoms with van der Waals surface area (Å²) >= 11 is 0. The Hall–Kier alpha value is -0.900. The Balaban J connectivity index is 1.79. The van der Waals surface area contributed by atoms with Gasteiger partial charge in [0, 0.05) is 25.7 Å². The van der Waals surface area contributed by atoms with Crippen LogP contribution < -0.4 is 10.6 Å². The van der Waals surface area contributed by atoms with Crippen molar-refractivity contribution in [2.45, 2.75) is 64.3 Å². The molecular formula is C18H30N2O. The molecule has 0 aromatic heterocycles. The van der Waals surface area contributed by atoms with Gasteiger partial charge in [0.25, 0.3) is 0 Å². The smallest absolute Gasteiger partial charge is 0.0716 e. The molecule has 3 nitrogen and oxygen atoms in total. The third kappa shape index (κ3) is 5.77.